The molecule has 3 nitrogen and oxygen atoms in total. The maximum atomic E-state index is 11.2. The summed E-state index contributed by atoms with van der Waals surface area (Å²) in [5.41, 5.74) is 0. The Kier molecular flexibility index (Phi) is 3.17. The molecule has 0 saturated carbocycles. The molecular weight excluding hydrogens is 176 g/mol. The van der Waals surface area contributed by atoms with E-state index in [-0.39, 0.29) is 11.9 Å². The molecule has 1 atom stereocenters. The van der Waals surface area contributed by atoms with Crippen LogP contribution in [0.3, 0.4) is 0 Å². The second-order valence-corrected chi connectivity index (χ2v) is 4.83. The molecule has 1 rings (SSSR count). The highest BCUT2D eigenvalue weighted by Crippen LogP contribution is 2.14. The second-order valence-electron chi connectivity index (χ2n) is 4.83. The SMILES string of the molecule is CN1C(=O)CCC1C#CC[N+](C)(C)C. The van der Waals surface area contributed by atoms with E-state index in [1.54, 1.807) is 4.90 Å². The van der Waals surface area contributed by atoms with Crippen LogP contribution in [0.15, 0.2) is 0 Å². The number of hydrogen-bond acceptors (Lipinski definition) is 1. The number of quaternary nitrogens is 1. The zero-order chi connectivity index (χ0) is 10.8. The normalized spacial score (nSPS) is 22.1. The van der Waals surface area contributed by atoms with E-state index in [2.05, 4.69) is 33.0 Å². The molecule has 1 saturated heterocycles. The van der Waals surface area contributed by atoms with E-state index in [0.29, 0.717) is 6.42 Å². The van der Waals surface area contributed by atoms with Gasteiger partial charge in [-0.2, -0.15) is 0 Å². The molecule has 14 heavy (non-hydrogen) atoms. The zero-order valence-corrected chi connectivity index (χ0v) is 9.50. The van der Waals surface area contributed by atoms with E-state index >= 15 is 0 Å². The van der Waals surface area contributed by atoms with Crippen molar-refractivity contribution in [1.29, 1.82) is 0 Å². The Morgan fingerprint density at radius 2 is 2.14 bits per heavy atom. The summed E-state index contributed by atoms with van der Waals surface area (Å²) < 4.78 is 0.845. The van der Waals surface area contributed by atoms with E-state index in [4.69, 9.17) is 0 Å². The van der Waals surface area contributed by atoms with Crippen molar-refractivity contribution in [2.24, 2.45) is 0 Å². The van der Waals surface area contributed by atoms with Crippen LogP contribution >= 0.6 is 0 Å². The number of carbonyl (C=O) groups excluding carboxylic acids is 1. The number of carbonyl (C=O) groups is 1. The summed E-state index contributed by atoms with van der Waals surface area (Å²) in [4.78, 5) is 13.0. The van der Waals surface area contributed by atoms with Crippen LogP contribution in [-0.2, 0) is 4.79 Å². The molecule has 0 spiro atoms. The van der Waals surface area contributed by atoms with Crippen LogP contribution in [0.2, 0.25) is 0 Å². The van der Waals surface area contributed by atoms with Gasteiger partial charge in [0.2, 0.25) is 5.91 Å². The van der Waals surface area contributed by atoms with Gasteiger partial charge in [0.15, 0.2) is 0 Å². The average molecular weight is 195 g/mol. The van der Waals surface area contributed by atoms with Gasteiger partial charge in [-0.05, 0) is 12.3 Å². The highest BCUT2D eigenvalue weighted by atomic mass is 16.2. The second kappa shape index (κ2) is 4.02. The van der Waals surface area contributed by atoms with E-state index in [9.17, 15) is 4.79 Å². The lowest BCUT2D eigenvalue weighted by atomic mass is 10.2. The molecule has 1 unspecified atom stereocenters. The minimum atomic E-state index is 0.147. The molecule has 78 valence electrons. The van der Waals surface area contributed by atoms with Crippen LogP contribution in [0, 0.1) is 11.8 Å². The van der Waals surface area contributed by atoms with Crippen molar-refractivity contribution in [3.05, 3.63) is 0 Å². The Morgan fingerprint density at radius 1 is 1.50 bits per heavy atom. The molecule has 0 N–H and O–H groups in total. The lowest BCUT2D eigenvalue weighted by Gasteiger charge is -2.20. The number of hydrogen-bond donors (Lipinski definition) is 0. The van der Waals surface area contributed by atoms with Crippen molar-refractivity contribution in [1.82, 2.24) is 4.90 Å². The number of rotatable bonds is 1. The Balaban J connectivity index is 2.49. The lowest BCUT2D eigenvalue weighted by molar-refractivity contribution is -0.862. The molecule has 3 heteroatoms. The van der Waals surface area contributed by atoms with Gasteiger partial charge in [-0.15, -0.1) is 0 Å². The molecule has 0 radical (unpaired) electrons. The van der Waals surface area contributed by atoms with Crippen molar-refractivity contribution in [3.8, 4) is 11.8 Å². The fourth-order valence-corrected chi connectivity index (χ4v) is 1.37. The fraction of sp³-hybridized carbons (Fsp3) is 0.727. The molecule has 1 aliphatic rings. The summed E-state index contributed by atoms with van der Waals surface area (Å²) in [6, 6.07) is 0.147. The summed E-state index contributed by atoms with van der Waals surface area (Å²) in [5, 5.41) is 0. The highest BCUT2D eigenvalue weighted by Gasteiger charge is 2.25. The predicted octanol–water partition coefficient (Wildman–Crippen LogP) is 0.317. The van der Waals surface area contributed by atoms with Gasteiger partial charge in [0.05, 0.1) is 27.2 Å². The van der Waals surface area contributed by atoms with Gasteiger partial charge in [-0.25, -0.2) is 0 Å². The third-order valence-corrected chi connectivity index (χ3v) is 2.31. The topological polar surface area (TPSA) is 20.3 Å². The molecule has 0 aromatic heterocycles. The Hall–Kier alpha value is -1.01. The maximum absolute atomic E-state index is 11.2. The van der Waals surface area contributed by atoms with Crippen LogP contribution < -0.4 is 0 Å². The summed E-state index contributed by atoms with van der Waals surface area (Å²) in [7, 11) is 8.16. The molecule has 1 aliphatic heterocycles. The minimum absolute atomic E-state index is 0.147. The van der Waals surface area contributed by atoms with E-state index in [1.807, 2.05) is 7.05 Å². The third kappa shape index (κ3) is 3.04. The predicted molar refractivity (Wildman–Crippen MR) is 56.5 cm³/mol. The quantitative estimate of drug-likeness (QED) is 0.436. The van der Waals surface area contributed by atoms with Crippen LogP contribution in [0.1, 0.15) is 12.8 Å². The van der Waals surface area contributed by atoms with E-state index in [1.165, 1.54) is 0 Å². The first kappa shape index (κ1) is 11.1. The fourth-order valence-electron chi connectivity index (χ4n) is 1.37. The first-order valence-corrected chi connectivity index (χ1v) is 4.95. The summed E-state index contributed by atoms with van der Waals surface area (Å²) in [6.07, 6.45) is 1.54. The Labute approximate surface area is 86.3 Å². The van der Waals surface area contributed by atoms with Crippen LogP contribution in [-0.4, -0.2) is 56.1 Å². The number of nitrogens with zero attached hydrogens (tertiary/aromatic N) is 2. The van der Waals surface area contributed by atoms with Crippen molar-refractivity contribution in [3.63, 3.8) is 0 Å². The number of likely N-dealkylation sites (tertiary alicyclic amines) is 1. The Morgan fingerprint density at radius 3 is 2.57 bits per heavy atom. The van der Waals surface area contributed by atoms with Crippen LogP contribution in [0.5, 0.6) is 0 Å². The van der Waals surface area contributed by atoms with Gasteiger partial charge in [-0.1, -0.05) is 5.92 Å². The van der Waals surface area contributed by atoms with Crippen molar-refractivity contribution in [2.75, 3.05) is 34.7 Å². The smallest absolute Gasteiger partial charge is 0.223 e. The first-order valence-electron chi connectivity index (χ1n) is 4.95. The van der Waals surface area contributed by atoms with Gasteiger partial charge in [0, 0.05) is 13.5 Å². The maximum Gasteiger partial charge on any atom is 0.223 e. The highest BCUT2D eigenvalue weighted by molar-refractivity contribution is 5.79. The standard InChI is InChI=1S/C11H19N2O/c1-12-10(7-8-11(12)14)6-5-9-13(2,3)4/h10H,7-9H2,1-4H3/q+1. The first-order chi connectivity index (χ1) is 6.40. The van der Waals surface area contributed by atoms with Gasteiger partial charge in [0.1, 0.15) is 6.54 Å². The number of amides is 1. The zero-order valence-electron chi connectivity index (χ0n) is 9.50. The summed E-state index contributed by atoms with van der Waals surface area (Å²) >= 11 is 0. The summed E-state index contributed by atoms with van der Waals surface area (Å²) in [5.74, 6) is 6.52. The molecule has 0 aromatic carbocycles. The van der Waals surface area contributed by atoms with Crippen LogP contribution in [0.4, 0.5) is 0 Å². The van der Waals surface area contributed by atoms with Gasteiger partial charge in [-0.3, -0.25) is 4.79 Å². The average Bonchev–Trinajstić information content (AvgIpc) is 2.33. The third-order valence-electron chi connectivity index (χ3n) is 2.31. The largest absolute Gasteiger partial charge is 0.332 e. The van der Waals surface area contributed by atoms with Gasteiger partial charge in [0.25, 0.3) is 0 Å². The Bertz CT molecular complexity index is 280. The van der Waals surface area contributed by atoms with Crippen molar-refractivity contribution >= 4 is 5.91 Å². The minimum Gasteiger partial charge on any atom is -0.332 e. The molecule has 0 aromatic rings. The molecule has 1 heterocycles. The molecule has 0 aliphatic carbocycles. The molecule has 0 bridgehead atoms. The van der Waals surface area contributed by atoms with E-state index < -0.39 is 0 Å². The van der Waals surface area contributed by atoms with E-state index in [0.717, 1.165) is 17.4 Å². The molecule has 1 fully saturated rings. The monoisotopic (exact) mass is 195 g/mol. The van der Waals surface area contributed by atoms with Gasteiger partial charge < -0.3 is 9.38 Å². The lowest BCUT2D eigenvalue weighted by Crippen LogP contribution is -2.35. The van der Waals surface area contributed by atoms with Crippen LogP contribution in [0.25, 0.3) is 0 Å². The summed E-state index contributed by atoms with van der Waals surface area (Å²) in [6.45, 7) is 0.832. The van der Waals surface area contributed by atoms with Crippen molar-refractivity contribution < 1.29 is 9.28 Å². The molecular formula is C11H19N2O+. The van der Waals surface area contributed by atoms with Crippen molar-refractivity contribution in [2.45, 2.75) is 18.9 Å². The van der Waals surface area contributed by atoms with Gasteiger partial charge >= 0.3 is 0 Å². The molecule has 1 amide bonds.